The van der Waals surface area contributed by atoms with Crippen LogP contribution in [0.5, 0.6) is 0 Å². The molecule has 0 rings (SSSR count). The van der Waals surface area contributed by atoms with Crippen molar-refractivity contribution in [2.24, 2.45) is 0 Å². The van der Waals surface area contributed by atoms with Gasteiger partial charge in [0, 0.05) is 24.0 Å². The largest absolute Gasteiger partial charge is 0.312 e. The molecule has 0 radical (unpaired) electrons. The first-order valence-corrected chi connectivity index (χ1v) is 5.62. The van der Waals surface area contributed by atoms with Crippen LogP contribution in [0.2, 0.25) is 0 Å². The smallest absolute Gasteiger partial charge is 0.147 e. The molecular formula is C12H26N2O. The maximum absolute atomic E-state index is 11.5. The van der Waals surface area contributed by atoms with Crippen LogP contribution in [0.25, 0.3) is 0 Å². The predicted molar refractivity (Wildman–Crippen MR) is 65.1 cm³/mol. The molecule has 0 unspecified atom stereocenters. The van der Waals surface area contributed by atoms with Crippen LogP contribution >= 0.6 is 0 Å². The molecule has 0 amide bonds. The molecule has 3 heteroatoms. The minimum Gasteiger partial charge on any atom is -0.312 e. The van der Waals surface area contributed by atoms with Gasteiger partial charge >= 0.3 is 0 Å². The highest BCUT2D eigenvalue weighted by atomic mass is 16.1. The zero-order chi connectivity index (χ0) is 12.1. The molecule has 0 heterocycles. The van der Waals surface area contributed by atoms with Crippen molar-refractivity contribution < 1.29 is 4.79 Å². The number of nitrogens with one attached hydrogen (secondary N) is 2. The molecule has 15 heavy (non-hydrogen) atoms. The van der Waals surface area contributed by atoms with E-state index in [1.165, 1.54) is 0 Å². The molecule has 0 aromatic heterocycles. The van der Waals surface area contributed by atoms with Crippen molar-refractivity contribution in [3.63, 3.8) is 0 Å². The summed E-state index contributed by atoms with van der Waals surface area (Å²) in [6, 6.07) is 0. The summed E-state index contributed by atoms with van der Waals surface area (Å²) in [5, 5.41) is 6.49. The van der Waals surface area contributed by atoms with Crippen molar-refractivity contribution in [2.75, 3.05) is 13.1 Å². The van der Waals surface area contributed by atoms with Crippen molar-refractivity contribution in [2.45, 2.75) is 59.0 Å². The van der Waals surface area contributed by atoms with Gasteiger partial charge in [-0.25, -0.2) is 0 Å². The van der Waals surface area contributed by atoms with Crippen LogP contribution in [0.4, 0.5) is 0 Å². The van der Waals surface area contributed by atoms with Crippen LogP contribution in [0.3, 0.4) is 0 Å². The molecule has 90 valence electrons. The second-order valence-electron chi connectivity index (χ2n) is 6.07. The third-order valence-corrected chi connectivity index (χ3v) is 1.88. The highest BCUT2D eigenvalue weighted by Crippen LogP contribution is 1.99. The van der Waals surface area contributed by atoms with Crippen LogP contribution in [-0.2, 0) is 4.79 Å². The lowest BCUT2D eigenvalue weighted by atomic mass is 10.1. The lowest BCUT2D eigenvalue weighted by molar-refractivity contribution is -0.118. The first-order valence-electron chi connectivity index (χ1n) is 5.62. The summed E-state index contributed by atoms with van der Waals surface area (Å²) in [7, 11) is 0. The molecule has 0 aliphatic heterocycles. The maximum atomic E-state index is 11.5. The van der Waals surface area contributed by atoms with E-state index in [1.54, 1.807) is 0 Å². The van der Waals surface area contributed by atoms with Crippen molar-refractivity contribution in [1.29, 1.82) is 0 Å². The normalized spacial score (nSPS) is 12.9. The van der Waals surface area contributed by atoms with Gasteiger partial charge in [-0.3, -0.25) is 4.79 Å². The maximum Gasteiger partial charge on any atom is 0.147 e. The Bertz CT molecular complexity index is 199. The summed E-state index contributed by atoms with van der Waals surface area (Å²) in [5.41, 5.74) is 0.116. The zero-order valence-electron chi connectivity index (χ0n) is 11.0. The third kappa shape index (κ3) is 11.5. The van der Waals surface area contributed by atoms with E-state index in [-0.39, 0.29) is 16.9 Å². The van der Waals surface area contributed by atoms with Gasteiger partial charge in [0.2, 0.25) is 0 Å². The van der Waals surface area contributed by atoms with Gasteiger partial charge in [0.05, 0.1) is 6.54 Å². The Hall–Kier alpha value is -0.410. The second-order valence-corrected chi connectivity index (χ2v) is 6.07. The highest BCUT2D eigenvalue weighted by Gasteiger charge is 2.12. The molecule has 0 spiro atoms. The van der Waals surface area contributed by atoms with Crippen molar-refractivity contribution in [3.8, 4) is 0 Å². The molecule has 0 aromatic carbocycles. The van der Waals surface area contributed by atoms with Gasteiger partial charge in [-0.2, -0.15) is 0 Å². The number of ketones is 1. The molecule has 0 bridgehead atoms. The summed E-state index contributed by atoms with van der Waals surface area (Å²) < 4.78 is 0. The van der Waals surface area contributed by atoms with E-state index in [9.17, 15) is 4.79 Å². The van der Waals surface area contributed by atoms with Gasteiger partial charge in [-0.15, -0.1) is 0 Å². The lowest BCUT2D eigenvalue weighted by Crippen LogP contribution is -2.41. The van der Waals surface area contributed by atoms with E-state index in [4.69, 9.17) is 0 Å². The van der Waals surface area contributed by atoms with Gasteiger partial charge in [-0.05, 0) is 41.5 Å². The Morgan fingerprint density at radius 2 is 1.40 bits per heavy atom. The summed E-state index contributed by atoms with van der Waals surface area (Å²) in [6.45, 7) is 13.7. The molecule has 0 aromatic rings. The number of carbonyl (C=O) groups excluding carboxylic acids is 1. The topological polar surface area (TPSA) is 41.1 Å². The quantitative estimate of drug-likeness (QED) is 0.732. The number of carbonyl (C=O) groups is 1. The molecule has 0 aliphatic carbocycles. The van der Waals surface area contributed by atoms with Gasteiger partial charge in [-0.1, -0.05) is 0 Å². The summed E-state index contributed by atoms with van der Waals surface area (Å²) in [4.78, 5) is 11.5. The fraction of sp³-hybridized carbons (Fsp3) is 0.917. The predicted octanol–water partition coefficient (Wildman–Crippen LogP) is 1.72. The number of Topliss-reactive ketones (excluding diaryl/α,β-unsaturated/α-hetero) is 1. The molecule has 0 fully saturated rings. The van der Waals surface area contributed by atoms with Crippen molar-refractivity contribution in [3.05, 3.63) is 0 Å². The average molecular weight is 214 g/mol. The minimum absolute atomic E-state index is 0.0209. The van der Waals surface area contributed by atoms with Crippen LogP contribution in [0.15, 0.2) is 0 Å². The molecular weight excluding hydrogens is 188 g/mol. The van der Waals surface area contributed by atoms with Crippen molar-refractivity contribution in [1.82, 2.24) is 10.6 Å². The lowest BCUT2D eigenvalue weighted by Gasteiger charge is -2.21. The Morgan fingerprint density at radius 3 is 1.80 bits per heavy atom. The van der Waals surface area contributed by atoms with Crippen molar-refractivity contribution >= 4 is 5.78 Å². The molecule has 3 nitrogen and oxygen atoms in total. The Morgan fingerprint density at radius 1 is 0.933 bits per heavy atom. The molecule has 0 saturated carbocycles. The SMILES string of the molecule is CC(C)(C)NCCC(=O)CNC(C)(C)C. The highest BCUT2D eigenvalue weighted by molar-refractivity contribution is 5.80. The van der Waals surface area contributed by atoms with E-state index in [0.29, 0.717) is 13.0 Å². The Balaban J connectivity index is 3.60. The van der Waals surface area contributed by atoms with E-state index < -0.39 is 0 Å². The van der Waals surface area contributed by atoms with Crippen LogP contribution in [0.1, 0.15) is 48.0 Å². The monoisotopic (exact) mass is 214 g/mol. The summed E-state index contributed by atoms with van der Waals surface area (Å²) >= 11 is 0. The van der Waals surface area contributed by atoms with E-state index in [1.807, 2.05) is 0 Å². The fourth-order valence-electron chi connectivity index (χ4n) is 1.03. The average Bonchev–Trinajstić information content (AvgIpc) is 1.97. The standard InChI is InChI=1S/C12H26N2O/c1-11(2,3)13-8-7-10(15)9-14-12(4,5)6/h13-14H,7-9H2,1-6H3. The Kier molecular flexibility index (Phi) is 5.46. The van der Waals surface area contributed by atoms with Gasteiger partial charge in [0.25, 0.3) is 0 Å². The molecule has 0 atom stereocenters. The molecule has 0 saturated heterocycles. The van der Waals surface area contributed by atoms with E-state index in [2.05, 4.69) is 52.2 Å². The zero-order valence-corrected chi connectivity index (χ0v) is 11.0. The molecule has 2 N–H and O–H groups in total. The van der Waals surface area contributed by atoms with Gasteiger partial charge in [0.15, 0.2) is 0 Å². The number of hydrogen-bond acceptors (Lipinski definition) is 3. The number of hydrogen-bond donors (Lipinski definition) is 2. The Labute approximate surface area is 94.0 Å². The van der Waals surface area contributed by atoms with Crippen LogP contribution < -0.4 is 10.6 Å². The molecule has 0 aliphatic rings. The summed E-state index contributed by atoms with van der Waals surface area (Å²) in [6.07, 6.45) is 0.598. The van der Waals surface area contributed by atoms with Gasteiger partial charge in [0.1, 0.15) is 5.78 Å². The van der Waals surface area contributed by atoms with E-state index >= 15 is 0 Å². The first-order chi connectivity index (χ1) is 6.60. The number of rotatable bonds is 5. The second kappa shape index (κ2) is 5.61. The van der Waals surface area contributed by atoms with E-state index in [0.717, 1.165) is 6.54 Å². The third-order valence-electron chi connectivity index (χ3n) is 1.88. The first kappa shape index (κ1) is 14.6. The van der Waals surface area contributed by atoms with Gasteiger partial charge < -0.3 is 10.6 Å². The summed E-state index contributed by atoms with van der Waals surface area (Å²) in [5.74, 6) is 0.265. The minimum atomic E-state index is 0.0209. The van der Waals surface area contributed by atoms with Crippen LogP contribution in [0, 0.1) is 0 Å². The fourth-order valence-corrected chi connectivity index (χ4v) is 1.03. The van der Waals surface area contributed by atoms with Crippen LogP contribution in [-0.4, -0.2) is 30.0 Å².